The molecule has 1 aromatic heterocycles. The molecule has 0 amide bonds. The van der Waals surface area contributed by atoms with Gasteiger partial charge in [-0.1, -0.05) is 36.4 Å². The number of nitrogen functional groups attached to an aromatic ring is 1. The van der Waals surface area contributed by atoms with E-state index < -0.39 is 5.60 Å². The molecule has 4 rings (SSSR count). The van der Waals surface area contributed by atoms with E-state index in [9.17, 15) is 9.90 Å². The van der Waals surface area contributed by atoms with Gasteiger partial charge in [-0.25, -0.2) is 0 Å². The number of piperidine rings is 1. The van der Waals surface area contributed by atoms with Gasteiger partial charge >= 0.3 is 5.97 Å². The highest BCUT2D eigenvalue weighted by molar-refractivity contribution is 5.79. The number of esters is 1. The largest absolute Gasteiger partial charge is 0.507 e. The van der Waals surface area contributed by atoms with Crippen molar-refractivity contribution in [2.24, 2.45) is 0 Å². The molecule has 1 aliphatic heterocycles. The van der Waals surface area contributed by atoms with Gasteiger partial charge in [0.2, 0.25) is 0 Å². The maximum Gasteiger partial charge on any atom is 0.320 e. The van der Waals surface area contributed by atoms with Crippen LogP contribution in [-0.4, -0.2) is 51.4 Å². The first-order valence-corrected chi connectivity index (χ1v) is 11.7. The maximum absolute atomic E-state index is 12.1. The summed E-state index contributed by atoms with van der Waals surface area (Å²) in [6, 6.07) is 17.3. The van der Waals surface area contributed by atoms with E-state index in [2.05, 4.69) is 39.4 Å². The molecule has 34 heavy (non-hydrogen) atoms. The molecule has 0 radical (unpaired) electrons. The molecule has 2 heterocycles. The number of carbonyl (C=O) groups is 1. The van der Waals surface area contributed by atoms with Gasteiger partial charge < -0.3 is 15.6 Å². The van der Waals surface area contributed by atoms with Crippen LogP contribution in [0.3, 0.4) is 0 Å². The van der Waals surface area contributed by atoms with Crippen molar-refractivity contribution >= 4 is 11.8 Å². The summed E-state index contributed by atoms with van der Waals surface area (Å²) in [7, 11) is 0. The lowest BCUT2D eigenvalue weighted by molar-refractivity contribution is -0.156. The normalized spacial score (nSPS) is 15.3. The molecule has 1 fully saturated rings. The molecule has 0 saturated carbocycles. The van der Waals surface area contributed by atoms with Gasteiger partial charge in [0.25, 0.3) is 0 Å². The van der Waals surface area contributed by atoms with E-state index in [0.29, 0.717) is 29.5 Å². The summed E-state index contributed by atoms with van der Waals surface area (Å²) < 4.78 is 5.45. The van der Waals surface area contributed by atoms with Crippen LogP contribution in [0.5, 0.6) is 5.75 Å². The number of phenolic OH excluding ortho intramolecular Hbond substituents is 1. The summed E-state index contributed by atoms with van der Waals surface area (Å²) in [6.07, 6.45) is 2.00. The third-order valence-corrected chi connectivity index (χ3v) is 6.06. The lowest BCUT2D eigenvalue weighted by Crippen LogP contribution is -2.39. The number of rotatable bonds is 5. The van der Waals surface area contributed by atoms with Crippen LogP contribution >= 0.6 is 0 Å². The van der Waals surface area contributed by atoms with E-state index in [4.69, 9.17) is 10.5 Å². The van der Waals surface area contributed by atoms with Crippen molar-refractivity contribution < 1.29 is 14.6 Å². The summed E-state index contributed by atoms with van der Waals surface area (Å²) in [5.41, 5.74) is 9.89. The number of aromatic nitrogens is 2. The molecule has 0 atom stereocenters. The van der Waals surface area contributed by atoms with E-state index in [1.165, 1.54) is 5.56 Å². The van der Waals surface area contributed by atoms with Crippen molar-refractivity contribution in [1.82, 2.24) is 15.1 Å². The highest BCUT2D eigenvalue weighted by Gasteiger charge is 2.24. The molecule has 7 nitrogen and oxygen atoms in total. The second-order valence-electron chi connectivity index (χ2n) is 9.80. The van der Waals surface area contributed by atoms with E-state index in [-0.39, 0.29) is 11.7 Å². The minimum atomic E-state index is -0.451. The lowest BCUT2D eigenvalue weighted by Gasteiger charge is -2.32. The fraction of sp³-hybridized carbons (Fsp3) is 0.370. The second-order valence-corrected chi connectivity index (χ2v) is 9.80. The lowest BCUT2D eigenvalue weighted by atomic mass is 9.88. The number of para-hydroxylation sites is 1. The number of aromatic hydroxyl groups is 1. The van der Waals surface area contributed by atoms with Gasteiger partial charge in [0, 0.05) is 11.1 Å². The molecule has 0 aliphatic carbocycles. The average Bonchev–Trinajstić information content (AvgIpc) is 2.79. The Balaban J connectivity index is 1.42. The number of benzene rings is 2. The number of hydrogen-bond donors (Lipinski definition) is 2. The fourth-order valence-corrected chi connectivity index (χ4v) is 4.37. The number of nitrogens with zero attached hydrogens (tertiary/aromatic N) is 3. The van der Waals surface area contributed by atoms with E-state index in [1.54, 1.807) is 18.2 Å². The number of phenols is 1. The van der Waals surface area contributed by atoms with Gasteiger partial charge in [0.1, 0.15) is 11.4 Å². The van der Waals surface area contributed by atoms with Crippen molar-refractivity contribution in [3.05, 3.63) is 60.2 Å². The minimum Gasteiger partial charge on any atom is -0.507 e. The van der Waals surface area contributed by atoms with Crippen LogP contribution < -0.4 is 5.73 Å². The smallest absolute Gasteiger partial charge is 0.320 e. The first kappa shape index (κ1) is 23.7. The number of ether oxygens (including phenoxy) is 1. The molecule has 0 bridgehead atoms. The molecule has 0 unspecified atom stereocenters. The number of nitrogens with two attached hydrogens (primary N) is 1. The number of anilines is 1. The van der Waals surface area contributed by atoms with Crippen LogP contribution in [0, 0.1) is 0 Å². The number of carbonyl (C=O) groups excluding carboxylic acids is 1. The Morgan fingerprint density at radius 3 is 2.38 bits per heavy atom. The van der Waals surface area contributed by atoms with E-state index >= 15 is 0 Å². The Kier molecular flexibility index (Phi) is 6.84. The zero-order valence-corrected chi connectivity index (χ0v) is 20.0. The standard InChI is InChI=1S/C27H32N4O3/c1-27(2,3)34-25(33)17-31-14-12-19(13-15-31)18-8-10-20(11-9-18)22-16-23(29-30-26(22)28)21-6-4-5-7-24(21)32/h4-11,16,19,32H,12-15,17H2,1-3H3,(H2,28,30). The van der Waals surface area contributed by atoms with Crippen LogP contribution in [0.1, 0.15) is 45.1 Å². The van der Waals surface area contributed by atoms with Crippen molar-refractivity contribution in [3.8, 4) is 28.1 Å². The molecule has 178 valence electrons. The quantitative estimate of drug-likeness (QED) is 0.536. The average molecular weight is 461 g/mol. The number of likely N-dealkylation sites (tertiary alicyclic amines) is 1. The predicted octanol–water partition coefficient (Wildman–Crippen LogP) is 4.62. The second kappa shape index (κ2) is 9.81. The van der Waals surface area contributed by atoms with Crippen LogP contribution in [0.25, 0.3) is 22.4 Å². The molecular weight excluding hydrogens is 428 g/mol. The Morgan fingerprint density at radius 1 is 1.06 bits per heavy atom. The molecule has 1 saturated heterocycles. The van der Waals surface area contributed by atoms with Crippen molar-refractivity contribution in [2.75, 3.05) is 25.4 Å². The molecule has 2 aromatic carbocycles. The molecular formula is C27H32N4O3. The van der Waals surface area contributed by atoms with Gasteiger partial charge in [0.15, 0.2) is 5.82 Å². The number of hydrogen-bond acceptors (Lipinski definition) is 7. The summed E-state index contributed by atoms with van der Waals surface area (Å²) in [4.78, 5) is 14.3. The summed E-state index contributed by atoms with van der Waals surface area (Å²) >= 11 is 0. The van der Waals surface area contributed by atoms with Crippen LogP contribution in [0.4, 0.5) is 5.82 Å². The van der Waals surface area contributed by atoms with Gasteiger partial charge in [-0.3, -0.25) is 9.69 Å². The summed E-state index contributed by atoms with van der Waals surface area (Å²) in [5.74, 6) is 0.791. The Morgan fingerprint density at radius 2 is 1.74 bits per heavy atom. The van der Waals surface area contributed by atoms with Gasteiger partial charge in [-0.2, -0.15) is 0 Å². The topological polar surface area (TPSA) is 102 Å². The fourth-order valence-electron chi connectivity index (χ4n) is 4.37. The van der Waals surface area contributed by atoms with Crippen LogP contribution in [0.15, 0.2) is 54.6 Å². The Labute approximate surface area is 200 Å². The minimum absolute atomic E-state index is 0.154. The van der Waals surface area contributed by atoms with Gasteiger partial charge in [-0.15, -0.1) is 10.2 Å². The van der Waals surface area contributed by atoms with E-state index in [1.807, 2.05) is 32.9 Å². The third kappa shape index (κ3) is 5.72. The maximum atomic E-state index is 12.1. The Hall–Kier alpha value is -3.45. The highest BCUT2D eigenvalue weighted by atomic mass is 16.6. The molecule has 7 heteroatoms. The summed E-state index contributed by atoms with van der Waals surface area (Å²) in [5, 5.41) is 18.4. The first-order valence-electron chi connectivity index (χ1n) is 11.7. The predicted molar refractivity (Wildman–Crippen MR) is 133 cm³/mol. The van der Waals surface area contributed by atoms with Crippen LogP contribution in [0.2, 0.25) is 0 Å². The SMILES string of the molecule is CC(C)(C)OC(=O)CN1CCC(c2ccc(-c3cc(-c4ccccc4O)nnc3N)cc2)CC1. The van der Waals surface area contributed by atoms with Gasteiger partial charge in [-0.05, 0) is 81.9 Å². The molecule has 0 spiro atoms. The Bertz CT molecular complexity index is 1150. The molecule has 1 aliphatic rings. The first-order chi connectivity index (χ1) is 16.2. The van der Waals surface area contributed by atoms with Crippen molar-refractivity contribution in [2.45, 2.75) is 45.1 Å². The van der Waals surface area contributed by atoms with Gasteiger partial charge in [0.05, 0.1) is 12.2 Å². The van der Waals surface area contributed by atoms with E-state index in [0.717, 1.165) is 37.1 Å². The summed E-state index contributed by atoms with van der Waals surface area (Å²) in [6.45, 7) is 7.76. The van der Waals surface area contributed by atoms with Crippen molar-refractivity contribution in [1.29, 1.82) is 0 Å². The van der Waals surface area contributed by atoms with Crippen molar-refractivity contribution in [3.63, 3.8) is 0 Å². The zero-order valence-electron chi connectivity index (χ0n) is 20.0. The monoisotopic (exact) mass is 460 g/mol. The zero-order chi connectivity index (χ0) is 24.3. The molecule has 3 aromatic rings. The highest BCUT2D eigenvalue weighted by Crippen LogP contribution is 2.34. The van der Waals surface area contributed by atoms with Crippen LogP contribution in [-0.2, 0) is 9.53 Å². The third-order valence-electron chi connectivity index (χ3n) is 6.06. The molecule has 3 N–H and O–H groups in total.